The van der Waals surface area contributed by atoms with Crippen LogP contribution in [-0.4, -0.2) is 14.5 Å². The first-order valence-corrected chi connectivity index (χ1v) is 5.22. The van der Waals surface area contributed by atoms with Gasteiger partial charge in [-0.2, -0.15) is 0 Å². The molecule has 78 valence electrons. The quantitative estimate of drug-likeness (QED) is 0.649. The van der Waals surface area contributed by atoms with Gasteiger partial charge in [0, 0.05) is 17.8 Å². The van der Waals surface area contributed by atoms with Crippen LogP contribution in [-0.2, 0) is 6.54 Å². The highest BCUT2D eigenvalue weighted by molar-refractivity contribution is 5.78. The average Bonchev–Trinajstić information content (AvgIpc) is 2.82. The Morgan fingerprint density at radius 1 is 1.06 bits per heavy atom. The first kappa shape index (κ1) is 9.09. The first-order chi connectivity index (χ1) is 7.92. The number of rotatable bonds is 2. The van der Waals surface area contributed by atoms with Gasteiger partial charge in [-0.25, -0.2) is 4.98 Å². The Morgan fingerprint density at radius 3 is 2.88 bits per heavy atom. The van der Waals surface area contributed by atoms with E-state index in [-0.39, 0.29) is 0 Å². The number of para-hydroxylation sites is 1. The second-order valence-electron chi connectivity index (χ2n) is 3.73. The molecule has 0 saturated heterocycles. The summed E-state index contributed by atoms with van der Waals surface area (Å²) in [6.07, 6.45) is 5.52. The van der Waals surface area contributed by atoms with Gasteiger partial charge in [0.05, 0.1) is 24.1 Å². The molecule has 0 aliphatic carbocycles. The molecule has 0 atom stereocenters. The summed E-state index contributed by atoms with van der Waals surface area (Å²) in [6, 6.07) is 12.3. The molecule has 0 spiro atoms. The first-order valence-electron chi connectivity index (χ1n) is 5.22. The lowest BCUT2D eigenvalue weighted by atomic mass is 10.2. The van der Waals surface area contributed by atoms with Crippen LogP contribution in [0.3, 0.4) is 0 Å². The molecule has 0 amide bonds. The summed E-state index contributed by atoms with van der Waals surface area (Å²) in [5, 5.41) is 1.18. The van der Waals surface area contributed by atoms with E-state index in [9.17, 15) is 0 Å². The Bertz CT molecular complexity index is 599. The molecule has 0 radical (unpaired) electrons. The van der Waals surface area contributed by atoms with Crippen molar-refractivity contribution < 1.29 is 0 Å². The zero-order valence-electron chi connectivity index (χ0n) is 8.74. The molecule has 2 heterocycles. The third-order valence-electron chi connectivity index (χ3n) is 2.56. The second-order valence-corrected chi connectivity index (χ2v) is 3.73. The maximum atomic E-state index is 4.60. The van der Waals surface area contributed by atoms with Crippen LogP contribution in [0.4, 0.5) is 0 Å². The van der Waals surface area contributed by atoms with Crippen LogP contribution in [0.15, 0.2) is 55.1 Å². The molecule has 3 rings (SSSR count). The predicted octanol–water partition coefficient (Wildman–Crippen LogP) is 2.48. The predicted molar refractivity (Wildman–Crippen MR) is 63.1 cm³/mol. The maximum Gasteiger partial charge on any atom is 0.0949 e. The van der Waals surface area contributed by atoms with Crippen LogP contribution < -0.4 is 0 Å². The Kier molecular flexibility index (Phi) is 2.14. The number of benzene rings is 1. The van der Waals surface area contributed by atoms with Crippen molar-refractivity contribution in [1.29, 1.82) is 0 Å². The molecule has 0 N–H and O–H groups in total. The summed E-state index contributed by atoms with van der Waals surface area (Å²) < 4.78 is 2.01. The molecule has 2 aromatic heterocycles. The van der Waals surface area contributed by atoms with Gasteiger partial charge in [-0.05, 0) is 12.1 Å². The lowest BCUT2D eigenvalue weighted by Gasteiger charge is -2.03. The summed E-state index contributed by atoms with van der Waals surface area (Å²) in [6.45, 7) is 0.769. The van der Waals surface area contributed by atoms with Crippen molar-refractivity contribution in [2.24, 2.45) is 0 Å². The van der Waals surface area contributed by atoms with Crippen LogP contribution in [0.1, 0.15) is 5.69 Å². The Morgan fingerprint density at radius 2 is 2.00 bits per heavy atom. The van der Waals surface area contributed by atoms with Crippen LogP contribution in [0.5, 0.6) is 0 Å². The van der Waals surface area contributed by atoms with E-state index >= 15 is 0 Å². The van der Waals surface area contributed by atoms with E-state index in [2.05, 4.69) is 28.2 Å². The molecular formula is C13H11N3. The molecule has 3 aromatic rings. The third-order valence-corrected chi connectivity index (χ3v) is 2.56. The highest BCUT2D eigenvalue weighted by Crippen LogP contribution is 2.12. The summed E-state index contributed by atoms with van der Waals surface area (Å²) in [5.74, 6) is 0. The number of hydrogen-bond acceptors (Lipinski definition) is 2. The Hall–Kier alpha value is -2.16. The second kappa shape index (κ2) is 3.77. The molecule has 0 aliphatic rings. The van der Waals surface area contributed by atoms with Gasteiger partial charge in [-0.1, -0.05) is 24.3 Å². The van der Waals surface area contributed by atoms with E-state index in [1.807, 2.05) is 29.0 Å². The summed E-state index contributed by atoms with van der Waals surface area (Å²) >= 11 is 0. The molecular weight excluding hydrogens is 198 g/mol. The number of fused-ring (bicyclic) bond motifs is 1. The normalized spacial score (nSPS) is 10.8. The molecule has 16 heavy (non-hydrogen) atoms. The van der Waals surface area contributed by atoms with Gasteiger partial charge < -0.3 is 4.57 Å². The molecule has 0 saturated carbocycles. The summed E-state index contributed by atoms with van der Waals surface area (Å²) in [4.78, 5) is 8.62. The molecule has 0 aliphatic heterocycles. The van der Waals surface area contributed by atoms with Gasteiger partial charge in [0.15, 0.2) is 0 Å². The van der Waals surface area contributed by atoms with Gasteiger partial charge in [0.25, 0.3) is 0 Å². The molecule has 0 bridgehead atoms. The third kappa shape index (κ3) is 1.67. The Balaban J connectivity index is 1.99. The van der Waals surface area contributed by atoms with E-state index in [0.29, 0.717) is 0 Å². The van der Waals surface area contributed by atoms with Crippen molar-refractivity contribution in [1.82, 2.24) is 14.5 Å². The van der Waals surface area contributed by atoms with Crippen molar-refractivity contribution in [3.8, 4) is 0 Å². The van der Waals surface area contributed by atoms with Crippen LogP contribution in [0, 0.1) is 0 Å². The van der Waals surface area contributed by atoms with Gasteiger partial charge in [0.2, 0.25) is 0 Å². The van der Waals surface area contributed by atoms with Gasteiger partial charge in [-0.15, -0.1) is 0 Å². The fraction of sp³-hybridized carbons (Fsp3) is 0.0769. The van der Waals surface area contributed by atoms with Gasteiger partial charge >= 0.3 is 0 Å². The molecule has 0 unspecified atom stereocenters. The van der Waals surface area contributed by atoms with Gasteiger partial charge in [-0.3, -0.25) is 4.98 Å². The fourth-order valence-corrected chi connectivity index (χ4v) is 1.76. The van der Waals surface area contributed by atoms with Crippen LogP contribution >= 0.6 is 0 Å². The lowest BCUT2D eigenvalue weighted by Crippen LogP contribution is -1.98. The van der Waals surface area contributed by atoms with Crippen molar-refractivity contribution in [3.05, 3.63) is 60.8 Å². The van der Waals surface area contributed by atoms with Crippen molar-refractivity contribution in [3.63, 3.8) is 0 Å². The number of aromatic nitrogens is 3. The lowest BCUT2D eigenvalue weighted by molar-refractivity contribution is 0.777. The van der Waals surface area contributed by atoms with E-state index in [1.54, 1.807) is 12.5 Å². The minimum Gasteiger partial charge on any atom is -0.331 e. The number of nitrogens with zero attached hydrogens (tertiary/aromatic N) is 3. The maximum absolute atomic E-state index is 4.60. The smallest absolute Gasteiger partial charge is 0.0949 e. The standard InChI is InChI=1S/C13H11N3/c1-2-4-13-11(3-1)5-6-12(15-13)9-16-8-7-14-10-16/h1-8,10H,9H2. The number of pyridine rings is 1. The monoisotopic (exact) mass is 209 g/mol. The largest absolute Gasteiger partial charge is 0.331 e. The highest BCUT2D eigenvalue weighted by atomic mass is 15.0. The van der Waals surface area contributed by atoms with E-state index in [4.69, 9.17) is 0 Å². The zero-order chi connectivity index (χ0) is 10.8. The van der Waals surface area contributed by atoms with E-state index in [0.717, 1.165) is 17.8 Å². The highest BCUT2D eigenvalue weighted by Gasteiger charge is 1.98. The van der Waals surface area contributed by atoms with Crippen LogP contribution in [0.25, 0.3) is 10.9 Å². The minimum absolute atomic E-state index is 0.769. The number of hydrogen-bond donors (Lipinski definition) is 0. The fourth-order valence-electron chi connectivity index (χ4n) is 1.76. The summed E-state index contributed by atoms with van der Waals surface area (Å²) in [7, 11) is 0. The van der Waals surface area contributed by atoms with E-state index < -0.39 is 0 Å². The SMILES string of the molecule is c1ccc2nc(Cn3ccnc3)ccc2c1. The van der Waals surface area contributed by atoms with Crippen molar-refractivity contribution in [2.45, 2.75) is 6.54 Å². The van der Waals surface area contributed by atoms with E-state index in [1.165, 1.54) is 5.39 Å². The minimum atomic E-state index is 0.769. The molecule has 1 aromatic carbocycles. The number of imidazole rings is 1. The molecule has 3 nitrogen and oxygen atoms in total. The molecule has 0 fully saturated rings. The van der Waals surface area contributed by atoms with Crippen molar-refractivity contribution in [2.75, 3.05) is 0 Å². The molecule has 3 heteroatoms. The Labute approximate surface area is 93.4 Å². The van der Waals surface area contributed by atoms with Gasteiger partial charge in [0.1, 0.15) is 0 Å². The summed E-state index contributed by atoms with van der Waals surface area (Å²) in [5.41, 5.74) is 2.09. The zero-order valence-corrected chi connectivity index (χ0v) is 8.74. The van der Waals surface area contributed by atoms with Crippen molar-refractivity contribution >= 4 is 10.9 Å². The average molecular weight is 209 g/mol. The topological polar surface area (TPSA) is 30.7 Å². The van der Waals surface area contributed by atoms with Crippen LogP contribution in [0.2, 0.25) is 0 Å².